The first kappa shape index (κ1) is 33.9. The number of amides is 2. The van der Waals surface area contributed by atoms with Crippen molar-refractivity contribution in [2.45, 2.75) is 69.5 Å². The maximum atomic E-state index is 14.2. The van der Waals surface area contributed by atoms with E-state index in [9.17, 15) is 18.0 Å². The van der Waals surface area contributed by atoms with Crippen molar-refractivity contribution in [3.63, 3.8) is 0 Å². The molecule has 1 N–H and O–H groups in total. The molecule has 4 rings (SSSR count). The summed E-state index contributed by atoms with van der Waals surface area (Å²) in [4.78, 5) is 29.0. The maximum Gasteiger partial charge on any atom is 0.264 e. The molecule has 0 aliphatic heterocycles. The van der Waals surface area contributed by atoms with Gasteiger partial charge in [-0.05, 0) is 87.4 Å². The van der Waals surface area contributed by atoms with Crippen LogP contribution in [0.25, 0.3) is 0 Å². The zero-order valence-corrected chi connectivity index (χ0v) is 27.7. The van der Waals surface area contributed by atoms with Gasteiger partial charge in [-0.1, -0.05) is 60.1 Å². The Labute approximate surface area is 274 Å². The lowest BCUT2D eigenvalue weighted by atomic mass is 9.95. The first-order chi connectivity index (χ1) is 21.0. The summed E-state index contributed by atoms with van der Waals surface area (Å²) in [5.74, 6) is -0.394. The van der Waals surface area contributed by atoms with Crippen LogP contribution in [0.1, 0.15) is 51.5 Å². The van der Waals surface area contributed by atoms with Crippen LogP contribution in [0.15, 0.2) is 71.6 Å². The summed E-state index contributed by atoms with van der Waals surface area (Å²) < 4.78 is 34.6. The van der Waals surface area contributed by atoms with Gasteiger partial charge in [0.15, 0.2) is 0 Å². The van der Waals surface area contributed by atoms with E-state index in [1.54, 1.807) is 49.4 Å². The Morgan fingerprint density at radius 3 is 2.14 bits per heavy atom. The average molecular weight is 681 g/mol. The maximum absolute atomic E-state index is 14.2. The van der Waals surface area contributed by atoms with E-state index >= 15 is 0 Å². The molecule has 1 aliphatic rings. The normalized spacial score (nSPS) is 14.5. The minimum atomic E-state index is -4.25. The number of nitrogens with zero attached hydrogens (tertiary/aromatic N) is 2. The molecule has 1 saturated carbocycles. The highest BCUT2D eigenvalue weighted by Gasteiger charge is 2.34. The number of carbonyl (C=O) groups is 2. The highest BCUT2D eigenvalue weighted by atomic mass is 35.5. The van der Waals surface area contributed by atoms with Crippen molar-refractivity contribution in [2.24, 2.45) is 0 Å². The van der Waals surface area contributed by atoms with Crippen molar-refractivity contribution < 1.29 is 22.7 Å². The number of halogens is 3. The van der Waals surface area contributed by atoms with Crippen molar-refractivity contribution in [3.05, 3.63) is 87.4 Å². The molecule has 2 amide bonds. The molecule has 0 aromatic heterocycles. The fourth-order valence-corrected chi connectivity index (χ4v) is 7.20. The summed E-state index contributed by atoms with van der Waals surface area (Å²) in [6.07, 6.45) is 4.91. The van der Waals surface area contributed by atoms with Crippen LogP contribution >= 0.6 is 34.8 Å². The third-order valence-electron chi connectivity index (χ3n) is 7.63. The number of hydrogen-bond donors (Lipinski definition) is 1. The second-order valence-corrected chi connectivity index (χ2v) is 13.7. The molecule has 8 nitrogen and oxygen atoms in total. The van der Waals surface area contributed by atoms with Crippen LogP contribution in [-0.4, -0.2) is 50.4 Å². The molecule has 236 valence electrons. The molecule has 12 heteroatoms. The second-order valence-electron chi connectivity index (χ2n) is 10.6. The van der Waals surface area contributed by atoms with Crippen molar-refractivity contribution >= 4 is 62.3 Å². The van der Waals surface area contributed by atoms with E-state index in [0.717, 1.165) is 36.4 Å². The number of hydrogen-bond acceptors (Lipinski definition) is 5. The highest BCUT2D eigenvalue weighted by Crippen LogP contribution is 2.30. The molecule has 1 unspecified atom stereocenters. The minimum Gasteiger partial charge on any atom is -0.494 e. The number of anilines is 1. The van der Waals surface area contributed by atoms with E-state index in [1.165, 1.54) is 29.2 Å². The molecule has 0 radical (unpaired) electrons. The zero-order chi connectivity index (χ0) is 31.9. The molecule has 3 aromatic carbocycles. The monoisotopic (exact) mass is 679 g/mol. The van der Waals surface area contributed by atoms with Gasteiger partial charge in [-0.15, -0.1) is 0 Å². The van der Waals surface area contributed by atoms with Crippen molar-refractivity contribution in [2.75, 3.05) is 17.5 Å². The SMILES string of the molecule is CCOc1ccc(N(CC(=O)N(Cc2c(Cl)cccc2Cl)C(C)C(=O)NC2CCCCC2)S(=O)(=O)c2ccc(Cl)cc2)cc1. The second kappa shape index (κ2) is 15.3. The smallest absolute Gasteiger partial charge is 0.264 e. The van der Waals surface area contributed by atoms with Crippen LogP contribution in [0.2, 0.25) is 15.1 Å². The minimum absolute atomic E-state index is 0.0187. The van der Waals surface area contributed by atoms with Gasteiger partial charge < -0.3 is 15.0 Å². The topological polar surface area (TPSA) is 96.0 Å². The lowest BCUT2D eigenvalue weighted by Gasteiger charge is -2.33. The van der Waals surface area contributed by atoms with Gasteiger partial charge in [0, 0.05) is 33.2 Å². The van der Waals surface area contributed by atoms with E-state index in [0.29, 0.717) is 33.0 Å². The van der Waals surface area contributed by atoms with Crippen LogP contribution in [0.4, 0.5) is 5.69 Å². The Balaban J connectivity index is 1.71. The first-order valence-corrected chi connectivity index (χ1v) is 17.1. The van der Waals surface area contributed by atoms with Crippen LogP contribution in [0.5, 0.6) is 5.75 Å². The summed E-state index contributed by atoms with van der Waals surface area (Å²) in [6.45, 7) is 3.20. The molecule has 1 fully saturated rings. The highest BCUT2D eigenvalue weighted by molar-refractivity contribution is 7.92. The Bertz CT molecular complexity index is 1530. The predicted octanol–water partition coefficient (Wildman–Crippen LogP) is 7.11. The molecule has 3 aromatic rings. The predicted molar refractivity (Wildman–Crippen MR) is 175 cm³/mol. The number of rotatable bonds is 12. The molecule has 0 bridgehead atoms. The van der Waals surface area contributed by atoms with Crippen molar-refractivity contribution in [3.8, 4) is 5.75 Å². The van der Waals surface area contributed by atoms with Crippen LogP contribution in [-0.2, 0) is 26.2 Å². The van der Waals surface area contributed by atoms with Gasteiger partial charge in [0.05, 0.1) is 17.2 Å². The van der Waals surface area contributed by atoms with Crippen LogP contribution < -0.4 is 14.4 Å². The number of carbonyl (C=O) groups excluding carboxylic acids is 2. The number of nitrogens with one attached hydrogen (secondary N) is 1. The molecule has 0 spiro atoms. The fourth-order valence-electron chi connectivity index (χ4n) is 5.14. The van der Waals surface area contributed by atoms with Crippen molar-refractivity contribution in [1.29, 1.82) is 0 Å². The van der Waals surface area contributed by atoms with Gasteiger partial charge in [-0.2, -0.15) is 0 Å². The summed E-state index contributed by atoms with van der Waals surface area (Å²) in [7, 11) is -4.25. The lowest BCUT2D eigenvalue weighted by Crippen LogP contribution is -2.53. The summed E-state index contributed by atoms with van der Waals surface area (Å²) >= 11 is 19.0. The van der Waals surface area contributed by atoms with E-state index in [-0.39, 0.29) is 29.1 Å². The summed E-state index contributed by atoms with van der Waals surface area (Å²) in [5, 5.41) is 4.10. The Kier molecular flexibility index (Phi) is 11.8. The third kappa shape index (κ3) is 8.38. The molecular formula is C32H36Cl3N3O5S. The Morgan fingerprint density at radius 2 is 1.55 bits per heavy atom. The molecule has 0 heterocycles. The van der Waals surface area contributed by atoms with Crippen LogP contribution in [0.3, 0.4) is 0 Å². The number of benzene rings is 3. The molecule has 44 heavy (non-hydrogen) atoms. The first-order valence-electron chi connectivity index (χ1n) is 14.5. The van der Waals surface area contributed by atoms with E-state index in [1.807, 2.05) is 6.92 Å². The lowest BCUT2D eigenvalue weighted by molar-refractivity contribution is -0.139. The molecular weight excluding hydrogens is 645 g/mol. The average Bonchev–Trinajstić information content (AvgIpc) is 3.00. The number of sulfonamides is 1. The van der Waals surface area contributed by atoms with E-state index in [2.05, 4.69) is 5.32 Å². The summed E-state index contributed by atoms with van der Waals surface area (Å²) in [5.41, 5.74) is 0.696. The molecule has 1 atom stereocenters. The third-order valence-corrected chi connectivity index (χ3v) is 10.4. The largest absolute Gasteiger partial charge is 0.494 e. The summed E-state index contributed by atoms with van der Waals surface area (Å²) in [6, 6.07) is 16.2. The fraction of sp³-hybridized carbons (Fsp3) is 0.375. The van der Waals surface area contributed by atoms with E-state index < -0.39 is 28.5 Å². The van der Waals surface area contributed by atoms with Gasteiger partial charge in [-0.3, -0.25) is 13.9 Å². The van der Waals surface area contributed by atoms with E-state index in [4.69, 9.17) is 39.5 Å². The molecule has 1 aliphatic carbocycles. The Morgan fingerprint density at radius 1 is 0.932 bits per heavy atom. The van der Waals surface area contributed by atoms with Gasteiger partial charge in [0.2, 0.25) is 11.8 Å². The van der Waals surface area contributed by atoms with Gasteiger partial charge >= 0.3 is 0 Å². The zero-order valence-electron chi connectivity index (χ0n) is 24.6. The van der Waals surface area contributed by atoms with Gasteiger partial charge in [-0.25, -0.2) is 8.42 Å². The van der Waals surface area contributed by atoms with Crippen LogP contribution in [0, 0.1) is 0 Å². The van der Waals surface area contributed by atoms with Gasteiger partial charge in [0.25, 0.3) is 10.0 Å². The quantitative estimate of drug-likeness (QED) is 0.220. The standard InChI is InChI=1S/C32H36Cl3N3O5S/c1-3-43-26-16-14-25(15-17-26)38(44(41,42)27-18-12-23(33)13-19-27)21-31(39)37(20-28-29(34)10-7-11-30(28)35)22(2)32(40)36-24-8-5-4-6-9-24/h7,10-19,22,24H,3-6,8-9,20-21H2,1-2H3,(H,36,40). The van der Waals surface area contributed by atoms with Crippen molar-refractivity contribution in [1.82, 2.24) is 10.2 Å². The molecule has 0 saturated heterocycles. The Hall–Kier alpha value is -2.98. The van der Waals surface area contributed by atoms with Gasteiger partial charge in [0.1, 0.15) is 18.3 Å². The number of ether oxygens (including phenoxy) is 1.